The minimum absolute atomic E-state index is 0.0576. The molecule has 0 spiro atoms. The number of hydrazine groups is 2. The molecule has 32 heavy (non-hydrogen) atoms. The SMILES string of the molecule is CNC(=O)C1=CN(CCC(F)Cn2cc(C(=O)NCc3cccc(S(C)=O)c3)nn2)NN1. The van der Waals surface area contributed by atoms with Gasteiger partial charge in [0.25, 0.3) is 11.8 Å². The lowest BCUT2D eigenvalue weighted by Gasteiger charge is -2.16. The monoisotopic (exact) mass is 464 g/mol. The quantitative estimate of drug-likeness (QED) is 0.373. The van der Waals surface area contributed by atoms with Gasteiger partial charge in [-0.25, -0.2) is 9.07 Å². The summed E-state index contributed by atoms with van der Waals surface area (Å²) in [6.07, 6.45) is 3.47. The van der Waals surface area contributed by atoms with Gasteiger partial charge in [-0.3, -0.25) is 24.2 Å². The molecule has 2 atom stereocenters. The maximum Gasteiger partial charge on any atom is 0.273 e. The second kappa shape index (κ2) is 10.8. The second-order valence-electron chi connectivity index (χ2n) is 7.05. The highest BCUT2D eigenvalue weighted by molar-refractivity contribution is 7.84. The van der Waals surface area contributed by atoms with E-state index in [0.717, 1.165) is 5.56 Å². The van der Waals surface area contributed by atoms with Crippen LogP contribution in [0, 0.1) is 0 Å². The summed E-state index contributed by atoms with van der Waals surface area (Å²) in [7, 11) is 0.414. The highest BCUT2D eigenvalue weighted by Gasteiger charge is 2.19. The van der Waals surface area contributed by atoms with Crippen LogP contribution in [0.2, 0.25) is 0 Å². The van der Waals surface area contributed by atoms with E-state index in [9.17, 15) is 18.2 Å². The first kappa shape index (κ1) is 23.3. The number of hydrogen-bond donors (Lipinski definition) is 4. The molecular weight excluding hydrogens is 439 g/mol. The van der Waals surface area contributed by atoms with Crippen LogP contribution in [-0.2, 0) is 28.7 Å². The van der Waals surface area contributed by atoms with E-state index in [2.05, 4.69) is 31.9 Å². The standard InChI is InChI=1S/C19H25FN8O3S/c1-21-18(29)16-11-27(25-23-16)7-6-14(20)10-28-12-17(24-26-28)19(30)22-9-13-4-3-5-15(8-13)32(2)31/h3-5,8,11-12,14,23,25H,6-7,9-10H2,1-2H3,(H,21,29)(H,22,30). The first-order valence-corrected chi connectivity index (χ1v) is 11.4. The number of halogens is 1. The van der Waals surface area contributed by atoms with Gasteiger partial charge in [0.1, 0.15) is 11.9 Å². The molecule has 13 heteroatoms. The molecule has 2 amide bonds. The van der Waals surface area contributed by atoms with Crippen LogP contribution >= 0.6 is 0 Å². The zero-order valence-corrected chi connectivity index (χ0v) is 18.5. The van der Waals surface area contributed by atoms with Crippen molar-refractivity contribution in [2.24, 2.45) is 0 Å². The summed E-state index contributed by atoms with van der Waals surface area (Å²) in [5.41, 5.74) is 6.67. The number of rotatable bonds is 10. The fourth-order valence-electron chi connectivity index (χ4n) is 2.90. The Morgan fingerprint density at radius 3 is 2.88 bits per heavy atom. The predicted molar refractivity (Wildman–Crippen MR) is 115 cm³/mol. The van der Waals surface area contributed by atoms with Crippen molar-refractivity contribution in [3.8, 4) is 0 Å². The first-order valence-electron chi connectivity index (χ1n) is 9.82. The van der Waals surface area contributed by atoms with Crippen molar-refractivity contribution >= 4 is 22.6 Å². The van der Waals surface area contributed by atoms with Gasteiger partial charge in [-0.15, -0.1) is 10.6 Å². The first-order chi connectivity index (χ1) is 15.4. The van der Waals surface area contributed by atoms with Crippen LogP contribution in [0.4, 0.5) is 4.39 Å². The number of carbonyl (C=O) groups excluding carboxylic acids is 2. The topological polar surface area (TPSA) is 133 Å². The van der Waals surface area contributed by atoms with Crippen LogP contribution in [-0.4, -0.2) is 62.0 Å². The molecule has 0 saturated carbocycles. The van der Waals surface area contributed by atoms with Crippen molar-refractivity contribution in [2.75, 3.05) is 19.8 Å². The Bertz CT molecular complexity index is 1030. The van der Waals surface area contributed by atoms with Gasteiger partial charge >= 0.3 is 0 Å². The van der Waals surface area contributed by atoms with Gasteiger partial charge < -0.3 is 10.6 Å². The zero-order chi connectivity index (χ0) is 23.1. The molecule has 0 bridgehead atoms. The fraction of sp³-hybridized carbons (Fsp3) is 0.368. The molecular formula is C19H25FN8O3S. The Balaban J connectivity index is 1.45. The smallest absolute Gasteiger partial charge is 0.273 e. The molecule has 2 heterocycles. The average Bonchev–Trinajstić information content (AvgIpc) is 3.45. The van der Waals surface area contributed by atoms with Crippen molar-refractivity contribution in [1.82, 2.24) is 41.6 Å². The average molecular weight is 465 g/mol. The molecule has 1 aromatic carbocycles. The van der Waals surface area contributed by atoms with Crippen molar-refractivity contribution in [1.29, 1.82) is 0 Å². The lowest BCUT2D eigenvalue weighted by molar-refractivity contribution is -0.117. The number of benzene rings is 1. The third-order valence-electron chi connectivity index (χ3n) is 4.61. The molecule has 2 unspecified atom stereocenters. The van der Waals surface area contributed by atoms with Gasteiger partial charge in [-0.2, -0.15) is 0 Å². The lowest BCUT2D eigenvalue weighted by atomic mass is 10.2. The number of hydrogen-bond acceptors (Lipinski definition) is 8. The van der Waals surface area contributed by atoms with Crippen molar-refractivity contribution in [2.45, 2.75) is 30.6 Å². The third kappa shape index (κ3) is 6.34. The van der Waals surface area contributed by atoms with Crippen LogP contribution in [0.1, 0.15) is 22.5 Å². The highest BCUT2D eigenvalue weighted by atomic mass is 32.2. The Morgan fingerprint density at radius 1 is 1.31 bits per heavy atom. The van der Waals surface area contributed by atoms with Gasteiger partial charge in [0.2, 0.25) is 0 Å². The van der Waals surface area contributed by atoms with E-state index in [0.29, 0.717) is 17.1 Å². The molecule has 2 aromatic rings. The van der Waals surface area contributed by atoms with E-state index in [1.165, 1.54) is 17.9 Å². The summed E-state index contributed by atoms with van der Waals surface area (Å²) in [5, 5.41) is 14.4. The Hall–Kier alpha value is -3.32. The molecule has 0 radical (unpaired) electrons. The molecule has 0 saturated heterocycles. The van der Waals surface area contributed by atoms with E-state index in [4.69, 9.17) is 0 Å². The molecule has 3 rings (SSSR count). The van der Waals surface area contributed by atoms with Crippen molar-refractivity contribution in [3.63, 3.8) is 0 Å². The number of carbonyl (C=O) groups is 2. The minimum atomic E-state index is -1.23. The van der Waals surface area contributed by atoms with Crippen LogP contribution in [0.5, 0.6) is 0 Å². The van der Waals surface area contributed by atoms with E-state index < -0.39 is 22.9 Å². The molecule has 11 nitrogen and oxygen atoms in total. The fourth-order valence-corrected chi connectivity index (χ4v) is 3.48. The maximum absolute atomic E-state index is 14.4. The normalized spacial score (nSPS) is 15.0. The highest BCUT2D eigenvalue weighted by Crippen LogP contribution is 2.09. The van der Waals surface area contributed by atoms with E-state index >= 15 is 0 Å². The number of likely N-dealkylation sites (N-methyl/N-ethyl adjacent to an activating group) is 1. The van der Waals surface area contributed by atoms with Crippen LogP contribution in [0.3, 0.4) is 0 Å². The molecule has 0 fully saturated rings. The summed E-state index contributed by atoms with van der Waals surface area (Å²) in [6, 6.07) is 7.11. The Kier molecular flexibility index (Phi) is 7.89. The van der Waals surface area contributed by atoms with E-state index in [1.807, 2.05) is 6.07 Å². The number of amides is 2. The Labute approximate surface area is 186 Å². The molecule has 1 aliphatic heterocycles. The number of alkyl halides is 1. The van der Waals surface area contributed by atoms with Gasteiger partial charge in [0.05, 0.1) is 12.7 Å². The second-order valence-corrected chi connectivity index (χ2v) is 8.43. The molecule has 4 N–H and O–H groups in total. The van der Waals surface area contributed by atoms with Gasteiger partial charge in [-0.05, 0) is 24.1 Å². The van der Waals surface area contributed by atoms with Crippen molar-refractivity contribution in [3.05, 3.63) is 53.6 Å². The largest absolute Gasteiger partial charge is 0.354 e. The number of nitrogens with zero attached hydrogens (tertiary/aromatic N) is 4. The van der Waals surface area contributed by atoms with Crippen LogP contribution in [0.15, 0.2) is 47.3 Å². The molecule has 1 aromatic heterocycles. The molecule has 172 valence electrons. The summed E-state index contributed by atoms with van der Waals surface area (Å²) in [5.74, 6) is -0.716. The third-order valence-corrected chi connectivity index (χ3v) is 5.53. The zero-order valence-electron chi connectivity index (χ0n) is 17.7. The number of nitrogens with one attached hydrogen (secondary N) is 4. The lowest BCUT2D eigenvalue weighted by Crippen LogP contribution is -2.39. The van der Waals surface area contributed by atoms with E-state index in [-0.39, 0.29) is 31.1 Å². The maximum atomic E-state index is 14.4. The van der Waals surface area contributed by atoms with Gasteiger partial charge in [0, 0.05) is 48.3 Å². The van der Waals surface area contributed by atoms with Crippen LogP contribution < -0.4 is 21.6 Å². The summed E-state index contributed by atoms with van der Waals surface area (Å²) in [6.45, 7) is 0.501. The predicted octanol–water partition coefficient (Wildman–Crippen LogP) is -0.414. The van der Waals surface area contributed by atoms with Crippen LogP contribution in [0.25, 0.3) is 0 Å². The van der Waals surface area contributed by atoms with E-state index in [1.54, 1.807) is 35.7 Å². The van der Waals surface area contributed by atoms with Gasteiger partial charge in [0.15, 0.2) is 5.69 Å². The summed E-state index contributed by atoms with van der Waals surface area (Å²) < 4.78 is 27.2. The van der Waals surface area contributed by atoms with Crippen molar-refractivity contribution < 1.29 is 18.2 Å². The molecule has 0 aliphatic carbocycles. The van der Waals surface area contributed by atoms with Gasteiger partial charge in [-0.1, -0.05) is 17.3 Å². The molecule has 1 aliphatic rings. The number of aromatic nitrogens is 3. The summed E-state index contributed by atoms with van der Waals surface area (Å²) in [4.78, 5) is 24.5. The summed E-state index contributed by atoms with van der Waals surface area (Å²) >= 11 is 0. The Morgan fingerprint density at radius 2 is 2.12 bits per heavy atom. The minimum Gasteiger partial charge on any atom is -0.354 e.